The quantitative estimate of drug-likeness (QED) is 0.926. The molecule has 1 aliphatic heterocycles. The van der Waals surface area contributed by atoms with Gasteiger partial charge in [0.1, 0.15) is 0 Å². The fourth-order valence-electron chi connectivity index (χ4n) is 2.74. The van der Waals surface area contributed by atoms with E-state index in [1.165, 1.54) is 0 Å². The lowest BCUT2D eigenvalue weighted by atomic mass is 9.93. The van der Waals surface area contributed by atoms with Gasteiger partial charge in [-0.25, -0.2) is 0 Å². The molecule has 0 aliphatic carbocycles. The van der Waals surface area contributed by atoms with E-state index in [1.807, 2.05) is 19.2 Å². The van der Waals surface area contributed by atoms with Crippen molar-refractivity contribution in [2.75, 3.05) is 19.0 Å². The molecule has 1 aromatic rings. The zero-order valence-corrected chi connectivity index (χ0v) is 13.5. The lowest BCUT2D eigenvalue weighted by molar-refractivity contribution is -0.128. The van der Waals surface area contributed by atoms with Gasteiger partial charge in [0.15, 0.2) is 0 Å². The van der Waals surface area contributed by atoms with Crippen LogP contribution in [0.2, 0.25) is 0 Å². The summed E-state index contributed by atoms with van der Waals surface area (Å²) in [5.74, 6) is 0.0806. The largest absolute Gasteiger partial charge is 0.382 e. The van der Waals surface area contributed by atoms with Crippen LogP contribution in [0.3, 0.4) is 0 Å². The number of carbonyl (C=O) groups is 1. The Bertz CT molecular complexity index is 499. The molecule has 4 heteroatoms. The normalized spacial score (nSPS) is 20.9. The number of nitrogens with one attached hydrogen (secondary N) is 1. The molecule has 1 heterocycles. The maximum Gasteiger partial charge on any atom is 0.219 e. The second-order valence-corrected chi connectivity index (χ2v) is 6.47. The molecular weight excluding hydrogens is 264 g/mol. The summed E-state index contributed by atoms with van der Waals surface area (Å²) >= 11 is 0. The number of carbonyl (C=O) groups excluding carboxylic acids is 1. The lowest BCUT2D eigenvalue weighted by Gasteiger charge is -2.36. The first-order chi connectivity index (χ1) is 9.87. The Morgan fingerprint density at radius 1 is 1.43 bits per heavy atom. The van der Waals surface area contributed by atoms with Gasteiger partial charge >= 0.3 is 0 Å². The lowest BCUT2D eigenvalue weighted by Crippen LogP contribution is -2.40. The Hall–Kier alpha value is -1.55. The molecule has 21 heavy (non-hydrogen) atoms. The van der Waals surface area contributed by atoms with Gasteiger partial charge in [-0.2, -0.15) is 0 Å². The molecule has 1 unspecified atom stereocenters. The van der Waals surface area contributed by atoms with Gasteiger partial charge in [-0.3, -0.25) is 4.79 Å². The molecule has 0 radical (unpaired) electrons. The minimum absolute atomic E-state index is 0.0684. The van der Waals surface area contributed by atoms with Crippen molar-refractivity contribution in [3.8, 4) is 0 Å². The molecule has 1 amide bonds. The molecule has 1 aliphatic rings. The summed E-state index contributed by atoms with van der Waals surface area (Å²) in [7, 11) is 1.83. The monoisotopic (exact) mass is 290 g/mol. The van der Waals surface area contributed by atoms with E-state index in [0.29, 0.717) is 12.6 Å². The van der Waals surface area contributed by atoms with Crippen molar-refractivity contribution in [1.29, 1.82) is 0 Å². The molecule has 1 atom stereocenters. The van der Waals surface area contributed by atoms with Crippen molar-refractivity contribution < 1.29 is 9.53 Å². The number of benzene rings is 1. The Morgan fingerprint density at radius 3 is 2.81 bits per heavy atom. The average molecular weight is 290 g/mol. The third kappa shape index (κ3) is 4.46. The first kappa shape index (κ1) is 15.8. The highest BCUT2D eigenvalue weighted by atomic mass is 16.5. The summed E-state index contributed by atoms with van der Waals surface area (Å²) in [6.45, 7) is 7.29. The van der Waals surface area contributed by atoms with Crippen LogP contribution in [0.25, 0.3) is 0 Å². The van der Waals surface area contributed by atoms with Crippen LogP contribution in [-0.4, -0.2) is 36.1 Å². The van der Waals surface area contributed by atoms with Crippen LogP contribution in [0.5, 0.6) is 0 Å². The van der Waals surface area contributed by atoms with Crippen molar-refractivity contribution in [2.45, 2.75) is 51.8 Å². The maximum atomic E-state index is 11.4. The number of nitrogens with zero attached hydrogens (tertiary/aromatic N) is 1. The van der Waals surface area contributed by atoms with Gasteiger partial charge in [-0.15, -0.1) is 0 Å². The number of ether oxygens (including phenoxy) is 1. The van der Waals surface area contributed by atoms with E-state index >= 15 is 0 Å². The van der Waals surface area contributed by atoms with Gasteiger partial charge in [0.25, 0.3) is 0 Å². The summed E-state index contributed by atoms with van der Waals surface area (Å²) in [5, 5.41) is 3.63. The van der Waals surface area contributed by atoms with Gasteiger partial charge in [0.2, 0.25) is 5.91 Å². The average Bonchev–Trinajstić information content (AvgIpc) is 2.39. The van der Waals surface area contributed by atoms with E-state index < -0.39 is 0 Å². The molecular formula is C17H26N2O2. The molecule has 4 nitrogen and oxygen atoms in total. The number of hydrogen-bond donors (Lipinski definition) is 1. The van der Waals surface area contributed by atoms with Gasteiger partial charge in [0.05, 0.1) is 5.60 Å². The molecule has 1 saturated heterocycles. The van der Waals surface area contributed by atoms with Crippen molar-refractivity contribution in [2.24, 2.45) is 0 Å². The van der Waals surface area contributed by atoms with Crippen LogP contribution < -0.4 is 5.32 Å². The fraction of sp³-hybridized carbons (Fsp3) is 0.588. The second kappa shape index (κ2) is 6.48. The minimum atomic E-state index is -0.0684. The summed E-state index contributed by atoms with van der Waals surface area (Å²) in [4.78, 5) is 13.2. The Balaban J connectivity index is 2.07. The van der Waals surface area contributed by atoms with Gasteiger partial charge in [0, 0.05) is 38.9 Å². The Morgan fingerprint density at radius 2 is 2.14 bits per heavy atom. The third-order valence-electron chi connectivity index (χ3n) is 4.02. The standard InChI is InChI=1S/C17H26N2O2/c1-13(20)19(4)12-14-7-5-6-8-16(14)18-15-9-10-21-17(2,3)11-15/h5-8,15,18H,9-12H2,1-4H3. The molecule has 0 aromatic heterocycles. The van der Waals surface area contributed by atoms with Gasteiger partial charge in [-0.1, -0.05) is 18.2 Å². The summed E-state index contributed by atoms with van der Waals surface area (Å²) in [5.41, 5.74) is 2.20. The van der Waals surface area contributed by atoms with E-state index in [0.717, 1.165) is 30.7 Å². The minimum Gasteiger partial charge on any atom is -0.382 e. The van der Waals surface area contributed by atoms with Gasteiger partial charge in [-0.05, 0) is 38.3 Å². The number of para-hydroxylation sites is 1. The fourth-order valence-corrected chi connectivity index (χ4v) is 2.74. The smallest absolute Gasteiger partial charge is 0.219 e. The topological polar surface area (TPSA) is 41.6 Å². The zero-order chi connectivity index (χ0) is 15.5. The first-order valence-corrected chi connectivity index (χ1v) is 7.57. The SMILES string of the molecule is CC(=O)N(C)Cc1ccccc1NC1CCOC(C)(C)C1. The predicted octanol–water partition coefficient (Wildman–Crippen LogP) is 3.03. The Labute approximate surface area is 127 Å². The van der Waals surface area contributed by atoms with Crippen LogP contribution in [0.15, 0.2) is 24.3 Å². The summed E-state index contributed by atoms with van der Waals surface area (Å²) in [6.07, 6.45) is 2.00. The van der Waals surface area contributed by atoms with Crippen LogP contribution in [-0.2, 0) is 16.1 Å². The first-order valence-electron chi connectivity index (χ1n) is 7.57. The van der Waals surface area contributed by atoms with Crippen LogP contribution in [0, 0.1) is 0 Å². The van der Waals surface area contributed by atoms with E-state index in [1.54, 1.807) is 11.8 Å². The second-order valence-electron chi connectivity index (χ2n) is 6.47. The number of rotatable bonds is 4. The molecule has 2 rings (SSSR count). The van der Waals surface area contributed by atoms with Crippen molar-refractivity contribution in [3.63, 3.8) is 0 Å². The molecule has 0 bridgehead atoms. The van der Waals surface area contributed by atoms with Gasteiger partial charge < -0.3 is 15.0 Å². The molecule has 1 fully saturated rings. The molecule has 116 valence electrons. The van der Waals surface area contributed by atoms with Crippen LogP contribution in [0.1, 0.15) is 39.2 Å². The highest BCUT2D eigenvalue weighted by molar-refractivity contribution is 5.73. The van der Waals surface area contributed by atoms with E-state index in [9.17, 15) is 4.79 Å². The molecule has 0 saturated carbocycles. The van der Waals surface area contributed by atoms with E-state index in [-0.39, 0.29) is 11.5 Å². The number of amides is 1. The third-order valence-corrected chi connectivity index (χ3v) is 4.02. The molecule has 1 N–H and O–H groups in total. The van der Waals surface area contributed by atoms with E-state index in [4.69, 9.17) is 4.74 Å². The van der Waals surface area contributed by atoms with Crippen LogP contribution >= 0.6 is 0 Å². The maximum absolute atomic E-state index is 11.4. The highest BCUT2D eigenvalue weighted by Gasteiger charge is 2.29. The zero-order valence-electron chi connectivity index (χ0n) is 13.5. The molecule has 1 aromatic carbocycles. The summed E-state index contributed by atoms with van der Waals surface area (Å²) < 4.78 is 5.77. The Kier molecular flexibility index (Phi) is 4.88. The predicted molar refractivity (Wildman–Crippen MR) is 85.3 cm³/mol. The van der Waals surface area contributed by atoms with Crippen LogP contribution in [0.4, 0.5) is 5.69 Å². The van der Waals surface area contributed by atoms with Crippen molar-refractivity contribution in [3.05, 3.63) is 29.8 Å². The number of hydrogen-bond acceptors (Lipinski definition) is 3. The molecule has 0 spiro atoms. The van der Waals surface area contributed by atoms with Crippen molar-refractivity contribution >= 4 is 11.6 Å². The summed E-state index contributed by atoms with van der Waals surface area (Å²) in [6, 6.07) is 8.63. The van der Waals surface area contributed by atoms with E-state index in [2.05, 4.69) is 31.3 Å². The van der Waals surface area contributed by atoms with Crippen molar-refractivity contribution in [1.82, 2.24) is 4.90 Å². The number of anilines is 1. The highest BCUT2D eigenvalue weighted by Crippen LogP contribution is 2.27.